The van der Waals surface area contributed by atoms with Gasteiger partial charge in [-0.25, -0.2) is 17.9 Å². The standard InChI is InChI=1S/C12H24N4O4S/c1-9(2)21(19,20)14-6-10-4-3-5-16(7-10)8-11(17)15-12(13)18/h9-10,14H,3-8H2,1-2H3,(H3,13,15,17,18). The summed E-state index contributed by atoms with van der Waals surface area (Å²) < 4.78 is 26.0. The largest absolute Gasteiger partial charge is 0.351 e. The molecule has 0 spiro atoms. The van der Waals surface area contributed by atoms with Gasteiger partial charge in [-0.3, -0.25) is 15.0 Å². The van der Waals surface area contributed by atoms with Crippen molar-refractivity contribution in [1.82, 2.24) is 14.9 Å². The number of nitrogens with two attached hydrogens (primary N) is 1. The minimum atomic E-state index is -3.26. The Bertz CT molecular complexity index is 478. The molecule has 1 aliphatic rings. The van der Waals surface area contributed by atoms with Gasteiger partial charge in [0.05, 0.1) is 11.8 Å². The Morgan fingerprint density at radius 3 is 2.62 bits per heavy atom. The van der Waals surface area contributed by atoms with Gasteiger partial charge >= 0.3 is 6.03 Å². The maximum atomic E-state index is 11.7. The van der Waals surface area contributed by atoms with Gasteiger partial charge in [0, 0.05) is 13.1 Å². The summed E-state index contributed by atoms with van der Waals surface area (Å²) in [4.78, 5) is 24.0. The van der Waals surface area contributed by atoms with Gasteiger partial charge in [0.1, 0.15) is 0 Å². The molecule has 0 radical (unpaired) electrons. The molecular formula is C12H24N4O4S. The maximum Gasteiger partial charge on any atom is 0.318 e. The highest BCUT2D eigenvalue weighted by Crippen LogP contribution is 2.16. The van der Waals surface area contributed by atoms with Gasteiger partial charge in [-0.2, -0.15) is 0 Å². The summed E-state index contributed by atoms with van der Waals surface area (Å²) in [5.41, 5.74) is 4.88. The molecule has 1 aliphatic heterocycles. The van der Waals surface area contributed by atoms with Crippen LogP contribution in [0.25, 0.3) is 0 Å². The van der Waals surface area contributed by atoms with E-state index in [2.05, 4.69) is 4.72 Å². The Labute approximate surface area is 125 Å². The van der Waals surface area contributed by atoms with E-state index in [4.69, 9.17) is 5.73 Å². The Hall–Kier alpha value is -1.19. The molecule has 1 rings (SSSR count). The van der Waals surface area contributed by atoms with Crippen LogP contribution in [0.1, 0.15) is 26.7 Å². The second kappa shape index (κ2) is 7.71. The highest BCUT2D eigenvalue weighted by atomic mass is 32.2. The number of carbonyl (C=O) groups excluding carboxylic acids is 2. The monoisotopic (exact) mass is 320 g/mol. The molecule has 0 aliphatic carbocycles. The summed E-state index contributed by atoms with van der Waals surface area (Å²) in [5, 5.41) is 1.56. The van der Waals surface area contributed by atoms with E-state index in [0.29, 0.717) is 13.1 Å². The number of primary amides is 1. The van der Waals surface area contributed by atoms with Gasteiger partial charge in [-0.05, 0) is 39.2 Å². The van der Waals surface area contributed by atoms with Gasteiger partial charge in [-0.15, -0.1) is 0 Å². The van der Waals surface area contributed by atoms with Gasteiger partial charge in [-0.1, -0.05) is 0 Å². The molecule has 1 fully saturated rings. The third kappa shape index (κ3) is 6.40. The molecular weight excluding hydrogens is 296 g/mol. The van der Waals surface area contributed by atoms with Crippen molar-refractivity contribution in [3.63, 3.8) is 0 Å². The Balaban J connectivity index is 2.42. The van der Waals surface area contributed by atoms with Crippen LogP contribution in [0.5, 0.6) is 0 Å². The first kappa shape index (κ1) is 17.9. The number of hydrogen-bond donors (Lipinski definition) is 3. The number of likely N-dealkylation sites (tertiary alicyclic amines) is 1. The van der Waals surface area contributed by atoms with E-state index in [1.54, 1.807) is 13.8 Å². The predicted molar refractivity (Wildman–Crippen MR) is 78.9 cm³/mol. The van der Waals surface area contributed by atoms with Crippen molar-refractivity contribution < 1.29 is 18.0 Å². The molecule has 4 N–H and O–H groups in total. The zero-order chi connectivity index (χ0) is 16.0. The summed E-state index contributed by atoms with van der Waals surface area (Å²) in [6, 6.07) is -0.863. The number of hydrogen-bond acceptors (Lipinski definition) is 5. The second-order valence-corrected chi connectivity index (χ2v) is 7.92. The fraction of sp³-hybridized carbons (Fsp3) is 0.833. The maximum absolute atomic E-state index is 11.7. The second-order valence-electron chi connectivity index (χ2n) is 5.60. The van der Waals surface area contributed by atoms with Crippen LogP contribution in [-0.4, -0.2) is 56.7 Å². The number of nitrogens with one attached hydrogen (secondary N) is 2. The van der Waals surface area contributed by atoms with E-state index < -0.39 is 27.2 Å². The smallest absolute Gasteiger partial charge is 0.318 e. The van der Waals surface area contributed by atoms with E-state index in [0.717, 1.165) is 19.4 Å². The first-order valence-corrected chi connectivity index (χ1v) is 8.55. The summed E-state index contributed by atoms with van der Waals surface area (Å²) in [7, 11) is -3.26. The topological polar surface area (TPSA) is 122 Å². The van der Waals surface area contributed by atoms with Crippen LogP contribution in [0.15, 0.2) is 0 Å². The molecule has 0 bridgehead atoms. The van der Waals surface area contributed by atoms with Crippen molar-refractivity contribution >= 4 is 22.0 Å². The number of rotatable bonds is 6. The van der Waals surface area contributed by atoms with Crippen LogP contribution in [0.4, 0.5) is 4.79 Å². The molecule has 0 saturated carbocycles. The number of piperidine rings is 1. The van der Waals surface area contributed by atoms with E-state index in [9.17, 15) is 18.0 Å². The predicted octanol–water partition coefficient (Wildman–Crippen LogP) is -0.779. The number of carbonyl (C=O) groups is 2. The number of amides is 3. The summed E-state index contributed by atoms with van der Waals surface area (Å²) in [6.07, 6.45) is 1.80. The Morgan fingerprint density at radius 2 is 2.05 bits per heavy atom. The Morgan fingerprint density at radius 1 is 1.38 bits per heavy atom. The zero-order valence-electron chi connectivity index (χ0n) is 12.5. The fourth-order valence-corrected chi connectivity index (χ4v) is 3.04. The molecule has 1 atom stereocenters. The van der Waals surface area contributed by atoms with Gasteiger partial charge in [0.2, 0.25) is 15.9 Å². The van der Waals surface area contributed by atoms with Crippen molar-refractivity contribution in [3.8, 4) is 0 Å². The highest BCUT2D eigenvalue weighted by molar-refractivity contribution is 7.90. The molecule has 21 heavy (non-hydrogen) atoms. The normalized spacial score (nSPS) is 20.4. The fourth-order valence-electron chi connectivity index (χ4n) is 2.24. The van der Waals surface area contributed by atoms with Crippen molar-refractivity contribution in [2.75, 3.05) is 26.2 Å². The molecule has 1 saturated heterocycles. The number of nitrogens with zero attached hydrogens (tertiary/aromatic N) is 1. The molecule has 0 aromatic rings. The summed E-state index contributed by atoms with van der Waals surface area (Å²) >= 11 is 0. The quantitative estimate of drug-likeness (QED) is 0.593. The first-order chi connectivity index (χ1) is 9.70. The average Bonchev–Trinajstić information content (AvgIpc) is 2.35. The Kier molecular flexibility index (Phi) is 6.56. The minimum absolute atomic E-state index is 0.0936. The van der Waals surface area contributed by atoms with Crippen LogP contribution in [0, 0.1) is 5.92 Å². The number of sulfonamides is 1. The zero-order valence-corrected chi connectivity index (χ0v) is 13.3. The minimum Gasteiger partial charge on any atom is -0.351 e. The van der Waals surface area contributed by atoms with E-state index in [1.165, 1.54) is 0 Å². The average molecular weight is 320 g/mol. The van der Waals surface area contributed by atoms with Crippen molar-refractivity contribution in [3.05, 3.63) is 0 Å². The molecule has 8 nitrogen and oxygen atoms in total. The highest BCUT2D eigenvalue weighted by Gasteiger charge is 2.24. The molecule has 3 amide bonds. The molecule has 0 aromatic heterocycles. The van der Waals surface area contributed by atoms with Crippen LogP contribution < -0.4 is 15.8 Å². The lowest BCUT2D eigenvalue weighted by atomic mass is 9.98. The van der Waals surface area contributed by atoms with Gasteiger partial charge < -0.3 is 5.73 Å². The van der Waals surface area contributed by atoms with Crippen molar-refractivity contribution in [2.24, 2.45) is 11.7 Å². The molecule has 9 heteroatoms. The lowest BCUT2D eigenvalue weighted by Crippen LogP contribution is -2.47. The number of urea groups is 1. The molecule has 1 heterocycles. The van der Waals surface area contributed by atoms with Crippen molar-refractivity contribution in [1.29, 1.82) is 0 Å². The molecule has 0 aromatic carbocycles. The molecule has 122 valence electrons. The van der Waals surface area contributed by atoms with Crippen LogP contribution in [-0.2, 0) is 14.8 Å². The first-order valence-electron chi connectivity index (χ1n) is 7.01. The van der Waals surface area contributed by atoms with E-state index >= 15 is 0 Å². The SMILES string of the molecule is CC(C)S(=O)(=O)NCC1CCCN(CC(=O)NC(N)=O)C1. The third-order valence-corrected chi connectivity index (χ3v) is 5.24. The molecule has 1 unspecified atom stereocenters. The lowest BCUT2D eigenvalue weighted by molar-refractivity contribution is -0.121. The number of imide groups is 1. The van der Waals surface area contributed by atoms with Crippen LogP contribution >= 0.6 is 0 Å². The van der Waals surface area contributed by atoms with Crippen molar-refractivity contribution in [2.45, 2.75) is 31.9 Å². The summed E-state index contributed by atoms with van der Waals surface area (Å²) in [5.74, 6) is -0.278. The van der Waals surface area contributed by atoms with Crippen LogP contribution in [0.3, 0.4) is 0 Å². The third-order valence-electron chi connectivity index (χ3n) is 3.43. The lowest BCUT2D eigenvalue weighted by Gasteiger charge is -2.32. The summed E-state index contributed by atoms with van der Waals surface area (Å²) in [6.45, 7) is 5.09. The van der Waals surface area contributed by atoms with E-state index in [-0.39, 0.29) is 12.5 Å². The van der Waals surface area contributed by atoms with Gasteiger partial charge in [0.15, 0.2) is 0 Å². The van der Waals surface area contributed by atoms with Gasteiger partial charge in [0.25, 0.3) is 0 Å². The van der Waals surface area contributed by atoms with Crippen LogP contribution in [0.2, 0.25) is 0 Å². The van der Waals surface area contributed by atoms with E-state index in [1.807, 2.05) is 10.2 Å².